The number of aromatic nitrogens is 3. The summed E-state index contributed by atoms with van der Waals surface area (Å²) in [5.74, 6) is 1.73. The van der Waals surface area contributed by atoms with Gasteiger partial charge in [-0.05, 0) is 25.1 Å². The highest BCUT2D eigenvalue weighted by atomic mass is 32.2. The van der Waals surface area contributed by atoms with Gasteiger partial charge in [0.15, 0.2) is 16.8 Å². The number of aryl methyl sites for hydroxylation is 1. The maximum absolute atomic E-state index is 12.6. The van der Waals surface area contributed by atoms with E-state index in [1.165, 1.54) is 11.8 Å². The molecule has 28 heavy (non-hydrogen) atoms. The van der Waals surface area contributed by atoms with Crippen molar-refractivity contribution in [3.63, 3.8) is 0 Å². The number of hydrogen-bond donors (Lipinski definition) is 0. The van der Waals surface area contributed by atoms with Crippen LogP contribution in [-0.2, 0) is 11.3 Å². The van der Waals surface area contributed by atoms with Gasteiger partial charge in [0, 0.05) is 18.2 Å². The lowest BCUT2D eigenvalue weighted by Gasteiger charge is -2.10. The molecular formula is C21H23N3O3S. The molecule has 2 aromatic carbocycles. The summed E-state index contributed by atoms with van der Waals surface area (Å²) in [6.45, 7) is 3.19. The highest BCUT2D eigenvalue weighted by Gasteiger charge is 2.16. The molecule has 0 aliphatic heterocycles. The van der Waals surface area contributed by atoms with Gasteiger partial charge in [-0.15, -0.1) is 10.2 Å². The molecule has 146 valence electrons. The van der Waals surface area contributed by atoms with Gasteiger partial charge >= 0.3 is 0 Å². The highest BCUT2D eigenvalue weighted by Crippen LogP contribution is 2.25. The Hall–Kier alpha value is -2.64. The first kappa shape index (κ1) is 20.1. The van der Waals surface area contributed by atoms with Crippen molar-refractivity contribution in [3.8, 4) is 17.1 Å². The number of ether oxygens (including phenoxy) is 2. The van der Waals surface area contributed by atoms with Crippen LogP contribution in [0.3, 0.4) is 0 Å². The lowest BCUT2D eigenvalue weighted by molar-refractivity contribution is 0.102. The first-order valence-corrected chi connectivity index (χ1v) is 9.90. The van der Waals surface area contributed by atoms with Crippen LogP contribution in [0.15, 0.2) is 53.7 Å². The third kappa shape index (κ3) is 4.79. The number of rotatable bonds is 9. The van der Waals surface area contributed by atoms with Crippen LogP contribution in [0.25, 0.3) is 11.4 Å². The van der Waals surface area contributed by atoms with E-state index in [-0.39, 0.29) is 11.5 Å². The molecule has 0 radical (unpaired) electrons. The van der Waals surface area contributed by atoms with E-state index in [1.807, 2.05) is 41.8 Å². The lowest BCUT2D eigenvalue weighted by atomic mass is 10.1. The molecule has 3 rings (SSSR count). The van der Waals surface area contributed by atoms with Crippen LogP contribution in [0.1, 0.15) is 15.9 Å². The van der Waals surface area contributed by atoms with Crippen molar-refractivity contribution in [2.75, 3.05) is 26.6 Å². The van der Waals surface area contributed by atoms with E-state index in [2.05, 4.69) is 16.3 Å². The monoisotopic (exact) mass is 397 g/mol. The summed E-state index contributed by atoms with van der Waals surface area (Å²) in [5, 5.41) is 9.38. The van der Waals surface area contributed by atoms with E-state index in [0.29, 0.717) is 29.6 Å². The molecule has 0 spiro atoms. The number of hydrogen-bond acceptors (Lipinski definition) is 6. The largest absolute Gasteiger partial charge is 0.497 e. The minimum Gasteiger partial charge on any atom is -0.497 e. The lowest BCUT2D eigenvalue weighted by Crippen LogP contribution is -2.09. The third-order valence-corrected chi connectivity index (χ3v) is 5.20. The molecule has 0 atom stereocenters. The summed E-state index contributed by atoms with van der Waals surface area (Å²) in [6, 6.07) is 15.3. The van der Waals surface area contributed by atoms with Crippen molar-refractivity contribution >= 4 is 17.5 Å². The fourth-order valence-corrected chi connectivity index (χ4v) is 3.65. The topological polar surface area (TPSA) is 66.2 Å². The average molecular weight is 398 g/mol. The summed E-state index contributed by atoms with van der Waals surface area (Å²) in [5.41, 5.74) is 2.77. The van der Waals surface area contributed by atoms with Gasteiger partial charge in [-0.25, -0.2) is 0 Å². The number of carbonyl (C=O) groups is 1. The number of nitrogens with zero attached hydrogens (tertiary/aromatic N) is 3. The van der Waals surface area contributed by atoms with Gasteiger partial charge < -0.3 is 9.47 Å². The second kappa shape index (κ2) is 9.52. The maximum atomic E-state index is 12.6. The molecule has 0 unspecified atom stereocenters. The van der Waals surface area contributed by atoms with Crippen LogP contribution in [0.5, 0.6) is 5.75 Å². The predicted molar refractivity (Wildman–Crippen MR) is 110 cm³/mol. The second-order valence-electron chi connectivity index (χ2n) is 6.26. The predicted octanol–water partition coefficient (Wildman–Crippen LogP) is 3.88. The van der Waals surface area contributed by atoms with E-state index in [1.54, 1.807) is 26.4 Å². The molecule has 0 aliphatic carbocycles. The number of Topliss-reactive ketones (excluding diaryl/α,β-unsaturated/α-hetero) is 1. The summed E-state index contributed by atoms with van der Waals surface area (Å²) in [4.78, 5) is 12.6. The van der Waals surface area contributed by atoms with Crippen LogP contribution < -0.4 is 4.74 Å². The second-order valence-corrected chi connectivity index (χ2v) is 7.21. The minimum absolute atomic E-state index is 0.0160. The van der Waals surface area contributed by atoms with Crippen LogP contribution in [0.4, 0.5) is 0 Å². The number of ketones is 1. The molecule has 3 aromatic rings. The summed E-state index contributed by atoms with van der Waals surface area (Å²) in [7, 11) is 3.25. The quantitative estimate of drug-likeness (QED) is 0.403. The Bertz CT molecular complexity index is 956. The summed E-state index contributed by atoms with van der Waals surface area (Å²) >= 11 is 1.38. The molecule has 0 saturated heterocycles. The molecule has 0 fully saturated rings. The fraction of sp³-hybridized carbons (Fsp3) is 0.286. The molecule has 0 N–H and O–H groups in total. The molecule has 0 bridgehead atoms. The molecule has 7 heteroatoms. The number of methoxy groups -OCH3 is 2. The Morgan fingerprint density at radius 3 is 2.68 bits per heavy atom. The van der Waals surface area contributed by atoms with Gasteiger partial charge in [-0.2, -0.15) is 0 Å². The first-order chi connectivity index (χ1) is 13.6. The molecule has 1 heterocycles. The van der Waals surface area contributed by atoms with E-state index >= 15 is 0 Å². The molecule has 1 aromatic heterocycles. The Labute approximate surface area is 168 Å². The van der Waals surface area contributed by atoms with Gasteiger partial charge in [0.2, 0.25) is 0 Å². The summed E-state index contributed by atoms with van der Waals surface area (Å²) < 4.78 is 12.4. The third-order valence-electron chi connectivity index (χ3n) is 4.24. The smallest absolute Gasteiger partial charge is 0.192 e. The fourth-order valence-electron chi connectivity index (χ4n) is 2.79. The van der Waals surface area contributed by atoms with Gasteiger partial charge in [-0.3, -0.25) is 9.36 Å². The highest BCUT2D eigenvalue weighted by molar-refractivity contribution is 7.99. The Balaban J connectivity index is 1.80. The van der Waals surface area contributed by atoms with Crippen molar-refractivity contribution in [1.82, 2.24) is 14.8 Å². The normalized spacial score (nSPS) is 10.8. The van der Waals surface area contributed by atoms with E-state index in [0.717, 1.165) is 17.0 Å². The van der Waals surface area contributed by atoms with E-state index in [4.69, 9.17) is 9.47 Å². The van der Waals surface area contributed by atoms with Crippen molar-refractivity contribution < 1.29 is 14.3 Å². The number of thioether (sulfide) groups is 1. The van der Waals surface area contributed by atoms with Crippen LogP contribution in [0, 0.1) is 6.92 Å². The molecule has 0 amide bonds. The van der Waals surface area contributed by atoms with Gasteiger partial charge in [-0.1, -0.05) is 47.7 Å². The Morgan fingerprint density at radius 1 is 1.11 bits per heavy atom. The van der Waals surface area contributed by atoms with Crippen molar-refractivity contribution in [2.24, 2.45) is 0 Å². The SMILES string of the molecule is COCCn1c(SCC(=O)c2cccc(OC)c2)nnc1-c1cccc(C)c1. The van der Waals surface area contributed by atoms with Crippen molar-refractivity contribution in [2.45, 2.75) is 18.6 Å². The van der Waals surface area contributed by atoms with Crippen LogP contribution in [-0.4, -0.2) is 47.1 Å². The van der Waals surface area contributed by atoms with Gasteiger partial charge in [0.05, 0.1) is 26.0 Å². The standard InChI is InChI=1S/C21H23N3O3S/c1-15-6-4-8-17(12-15)20-22-23-21(24(20)10-11-26-2)28-14-19(25)16-7-5-9-18(13-16)27-3/h4-9,12-13H,10-11,14H2,1-3H3. The Kier molecular flexibility index (Phi) is 6.84. The average Bonchev–Trinajstić information content (AvgIpc) is 3.13. The van der Waals surface area contributed by atoms with Crippen molar-refractivity contribution in [3.05, 3.63) is 59.7 Å². The van der Waals surface area contributed by atoms with E-state index < -0.39 is 0 Å². The van der Waals surface area contributed by atoms with Crippen LogP contribution >= 0.6 is 11.8 Å². The number of carbonyl (C=O) groups excluding carboxylic acids is 1. The van der Waals surface area contributed by atoms with Crippen LogP contribution in [0.2, 0.25) is 0 Å². The van der Waals surface area contributed by atoms with E-state index in [9.17, 15) is 4.79 Å². The van der Waals surface area contributed by atoms with Gasteiger partial charge in [0.1, 0.15) is 5.75 Å². The maximum Gasteiger partial charge on any atom is 0.192 e. The zero-order valence-corrected chi connectivity index (χ0v) is 17.0. The number of benzene rings is 2. The molecular weight excluding hydrogens is 374 g/mol. The molecule has 0 saturated carbocycles. The minimum atomic E-state index is 0.0160. The summed E-state index contributed by atoms with van der Waals surface area (Å²) in [6.07, 6.45) is 0. The van der Waals surface area contributed by atoms with Crippen molar-refractivity contribution in [1.29, 1.82) is 0 Å². The molecule has 0 aliphatic rings. The van der Waals surface area contributed by atoms with Gasteiger partial charge in [0.25, 0.3) is 0 Å². The Morgan fingerprint density at radius 2 is 1.93 bits per heavy atom. The first-order valence-electron chi connectivity index (χ1n) is 8.91. The molecule has 6 nitrogen and oxygen atoms in total. The zero-order valence-electron chi connectivity index (χ0n) is 16.2. The zero-order chi connectivity index (χ0) is 19.9.